The molecule has 6 heteroatoms. The Morgan fingerprint density at radius 1 is 1.27 bits per heavy atom. The van der Waals surface area contributed by atoms with E-state index in [0.717, 1.165) is 38.8 Å². The quantitative estimate of drug-likeness (QED) is 0.848. The monoisotopic (exact) mass is 371 g/mol. The van der Waals surface area contributed by atoms with E-state index in [-0.39, 0.29) is 12.0 Å². The summed E-state index contributed by atoms with van der Waals surface area (Å²) in [7, 11) is 0. The number of hydrogen-bond donors (Lipinski definition) is 2. The summed E-state index contributed by atoms with van der Waals surface area (Å²) in [5, 5.41) is 15.6. The first-order chi connectivity index (χ1) is 12.7. The molecule has 2 fully saturated rings. The largest absolute Gasteiger partial charge is 0.393 e. The number of rotatable bonds is 5. The molecule has 1 saturated carbocycles. The molecule has 2 N–H and O–H groups in total. The Bertz CT molecular complexity index is 708. The number of nitrogens with one attached hydrogen (secondary N) is 1. The molecule has 4 rings (SSSR count). The van der Waals surface area contributed by atoms with E-state index >= 15 is 0 Å². The maximum absolute atomic E-state index is 12.6. The summed E-state index contributed by atoms with van der Waals surface area (Å²) in [5.74, 6) is 0.590. The van der Waals surface area contributed by atoms with Crippen molar-refractivity contribution in [1.29, 1.82) is 0 Å². The van der Waals surface area contributed by atoms with Crippen molar-refractivity contribution in [2.75, 3.05) is 13.1 Å². The topological polar surface area (TPSA) is 65.5 Å². The summed E-state index contributed by atoms with van der Waals surface area (Å²) >= 11 is 1.79. The van der Waals surface area contributed by atoms with E-state index in [9.17, 15) is 9.90 Å². The molecule has 138 valence electrons. The van der Waals surface area contributed by atoms with E-state index in [1.165, 1.54) is 4.88 Å². The second kappa shape index (κ2) is 7.86. The number of aliphatic hydroxyl groups excluding tert-OH is 1. The Morgan fingerprint density at radius 2 is 2.08 bits per heavy atom. The van der Waals surface area contributed by atoms with Crippen LogP contribution in [0.3, 0.4) is 0 Å². The molecule has 1 atom stereocenters. The van der Waals surface area contributed by atoms with Crippen molar-refractivity contribution >= 4 is 17.2 Å². The summed E-state index contributed by atoms with van der Waals surface area (Å²) in [6.07, 6.45) is 6.88. The van der Waals surface area contributed by atoms with Crippen molar-refractivity contribution < 1.29 is 9.90 Å². The van der Waals surface area contributed by atoms with Gasteiger partial charge in [-0.15, -0.1) is 11.3 Å². The molecule has 2 aromatic rings. The number of aliphatic hydroxyl groups is 1. The fraction of sp³-hybridized carbons (Fsp3) is 0.500. The molecule has 0 radical (unpaired) electrons. The van der Waals surface area contributed by atoms with Crippen molar-refractivity contribution in [3.63, 3.8) is 0 Å². The number of thiophene rings is 1. The molecule has 1 saturated heterocycles. The lowest BCUT2D eigenvalue weighted by Gasteiger charge is -2.41. The lowest BCUT2D eigenvalue weighted by Crippen LogP contribution is -2.48. The Hall–Kier alpha value is -1.76. The third-order valence-electron chi connectivity index (χ3n) is 5.58. The van der Waals surface area contributed by atoms with Gasteiger partial charge >= 0.3 is 0 Å². The number of nitrogens with zero attached hydrogens (tertiary/aromatic N) is 2. The van der Waals surface area contributed by atoms with Gasteiger partial charge in [0.15, 0.2) is 0 Å². The van der Waals surface area contributed by atoms with E-state index in [2.05, 4.69) is 27.8 Å². The standard InChI is InChI=1S/C20H25N3O2S/c24-17-11-15(12-17)19(18-4-2-10-26-18)22-16-5-8-23(9-6-16)20(25)14-3-1-7-21-13-14/h1-4,7,10,13,15-17,19,22,24H,5-6,8-9,11-12H2/t15?,17?,19-/m1/s1. The van der Waals surface area contributed by atoms with Crippen molar-refractivity contribution in [2.24, 2.45) is 5.92 Å². The molecular weight excluding hydrogens is 346 g/mol. The van der Waals surface area contributed by atoms with Crippen molar-refractivity contribution in [1.82, 2.24) is 15.2 Å². The summed E-state index contributed by atoms with van der Waals surface area (Å²) in [5.41, 5.74) is 0.666. The van der Waals surface area contributed by atoms with Crippen LogP contribution in [0.2, 0.25) is 0 Å². The van der Waals surface area contributed by atoms with Gasteiger partial charge in [0, 0.05) is 42.4 Å². The highest BCUT2D eigenvalue weighted by Crippen LogP contribution is 2.40. The Morgan fingerprint density at radius 3 is 2.69 bits per heavy atom. The molecular formula is C20H25N3O2S. The fourth-order valence-corrected chi connectivity index (χ4v) is 4.87. The van der Waals surface area contributed by atoms with Crippen LogP contribution >= 0.6 is 11.3 Å². The normalized spacial score (nSPS) is 24.9. The van der Waals surface area contributed by atoms with Gasteiger partial charge in [-0.3, -0.25) is 9.78 Å². The van der Waals surface area contributed by atoms with Crippen LogP contribution in [0.15, 0.2) is 42.0 Å². The Labute approximate surface area is 158 Å². The lowest BCUT2D eigenvalue weighted by atomic mass is 9.76. The molecule has 0 aromatic carbocycles. The van der Waals surface area contributed by atoms with Crippen LogP contribution in [0, 0.1) is 5.92 Å². The SMILES string of the molecule is O=C(c1cccnc1)N1CCC(N[C@@H](c2cccs2)C2CC(O)C2)CC1. The van der Waals surface area contributed by atoms with E-state index < -0.39 is 0 Å². The molecule has 2 aliphatic rings. The number of likely N-dealkylation sites (tertiary alicyclic amines) is 1. The zero-order valence-electron chi connectivity index (χ0n) is 14.8. The number of aromatic nitrogens is 1. The summed E-state index contributed by atoms with van der Waals surface area (Å²) in [6, 6.07) is 8.66. The van der Waals surface area contributed by atoms with Gasteiger partial charge in [-0.1, -0.05) is 6.07 Å². The molecule has 0 unspecified atom stereocenters. The number of amides is 1. The summed E-state index contributed by atoms with van der Waals surface area (Å²) in [6.45, 7) is 1.55. The highest BCUT2D eigenvalue weighted by molar-refractivity contribution is 7.10. The van der Waals surface area contributed by atoms with E-state index in [1.807, 2.05) is 11.0 Å². The average Bonchev–Trinajstić information content (AvgIpc) is 3.19. The molecule has 5 nitrogen and oxygen atoms in total. The van der Waals surface area contributed by atoms with Crippen LogP contribution in [-0.2, 0) is 0 Å². The van der Waals surface area contributed by atoms with Crippen LogP contribution in [0.1, 0.15) is 47.0 Å². The molecule has 3 heterocycles. The van der Waals surface area contributed by atoms with Crippen LogP contribution in [0.5, 0.6) is 0 Å². The minimum Gasteiger partial charge on any atom is -0.393 e. The third kappa shape index (κ3) is 3.82. The van der Waals surface area contributed by atoms with Crippen molar-refractivity contribution in [3.8, 4) is 0 Å². The van der Waals surface area contributed by atoms with Gasteiger partial charge in [0.1, 0.15) is 0 Å². The minimum absolute atomic E-state index is 0.0773. The summed E-state index contributed by atoms with van der Waals surface area (Å²) < 4.78 is 0. The molecule has 0 spiro atoms. The first-order valence-electron chi connectivity index (χ1n) is 9.37. The minimum atomic E-state index is -0.136. The van der Waals surface area contributed by atoms with Crippen LogP contribution in [0.4, 0.5) is 0 Å². The highest BCUT2D eigenvalue weighted by Gasteiger charge is 2.36. The maximum Gasteiger partial charge on any atom is 0.255 e. The molecule has 2 aromatic heterocycles. The van der Waals surface area contributed by atoms with Gasteiger partial charge in [-0.25, -0.2) is 0 Å². The lowest BCUT2D eigenvalue weighted by molar-refractivity contribution is 0.0202. The van der Waals surface area contributed by atoms with E-state index in [0.29, 0.717) is 23.6 Å². The van der Waals surface area contributed by atoms with Gasteiger partial charge in [0.25, 0.3) is 5.91 Å². The zero-order valence-corrected chi connectivity index (χ0v) is 15.6. The van der Waals surface area contributed by atoms with Gasteiger partial charge in [0.2, 0.25) is 0 Å². The van der Waals surface area contributed by atoms with Crippen LogP contribution in [-0.4, -0.2) is 46.1 Å². The van der Waals surface area contributed by atoms with Crippen molar-refractivity contribution in [2.45, 2.75) is 43.9 Å². The number of carbonyl (C=O) groups excluding carboxylic acids is 1. The van der Waals surface area contributed by atoms with Crippen molar-refractivity contribution in [3.05, 3.63) is 52.5 Å². The predicted octanol–water partition coefficient (Wildman–Crippen LogP) is 2.85. The molecule has 1 amide bonds. The second-order valence-corrected chi connectivity index (χ2v) is 8.33. The van der Waals surface area contributed by atoms with E-state index in [1.54, 1.807) is 29.8 Å². The molecule has 1 aliphatic heterocycles. The first kappa shape index (κ1) is 17.6. The first-order valence-corrected chi connectivity index (χ1v) is 10.3. The number of pyridine rings is 1. The molecule has 1 aliphatic carbocycles. The van der Waals surface area contributed by atoms with Crippen LogP contribution < -0.4 is 5.32 Å². The predicted molar refractivity (Wildman–Crippen MR) is 102 cm³/mol. The summed E-state index contributed by atoms with van der Waals surface area (Å²) in [4.78, 5) is 19.9. The zero-order chi connectivity index (χ0) is 17.9. The fourth-order valence-electron chi connectivity index (χ4n) is 4.00. The molecule has 26 heavy (non-hydrogen) atoms. The van der Waals surface area contributed by atoms with E-state index in [4.69, 9.17) is 0 Å². The number of piperidine rings is 1. The maximum atomic E-state index is 12.6. The van der Waals surface area contributed by atoms with Gasteiger partial charge in [-0.05, 0) is 55.2 Å². The highest BCUT2D eigenvalue weighted by atomic mass is 32.1. The Kier molecular flexibility index (Phi) is 5.33. The number of hydrogen-bond acceptors (Lipinski definition) is 5. The second-order valence-electron chi connectivity index (χ2n) is 7.35. The Balaban J connectivity index is 1.34. The van der Waals surface area contributed by atoms with Crippen LogP contribution in [0.25, 0.3) is 0 Å². The van der Waals surface area contributed by atoms with Gasteiger partial charge in [-0.2, -0.15) is 0 Å². The molecule has 0 bridgehead atoms. The number of carbonyl (C=O) groups is 1. The average molecular weight is 372 g/mol. The third-order valence-corrected chi connectivity index (χ3v) is 6.53. The van der Waals surface area contributed by atoms with Gasteiger partial charge < -0.3 is 15.3 Å². The smallest absolute Gasteiger partial charge is 0.255 e. The van der Waals surface area contributed by atoms with Gasteiger partial charge in [0.05, 0.1) is 11.7 Å².